The lowest BCUT2D eigenvalue weighted by atomic mass is 10.1. The van der Waals surface area contributed by atoms with E-state index in [1.165, 1.54) is 0 Å². The molecule has 5 N–H and O–H groups in total. The second-order valence-electron chi connectivity index (χ2n) is 3.94. The standard InChI is InChI=1S/C10H21N3O2.2ClH/c11-5-1-4-9(12)10(14)15-8-3-2-6-13-7-8;;/h8-9,13H,1-7,11-12H2;2*1H. The Labute approximate surface area is 115 Å². The van der Waals surface area contributed by atoms with Gasteiger partial charge < -0.3 is 21.5 Å². The summed E-state index contributed by atoms with van der Waals surface area (Å²) >= 11 is 0. The lowest BCUT2D eigenvalue weighted by Crippen LogP contribution is -2.41. The minimum Gasteiger partial charge on any atom is -0.460 e. The SMILES string of the molecule is Cl.Cl.NCCCC(N)C(=O)OC1CCCNC1. The molecule has 1 fully saturated rings. The fourth-order valence-electron chi connectivity index (χ4n) is 1.63. The Balaban J connectivity index is 0. The summed E-state index contributed by atoms with van der Waals surface area (Å²) in [4.78, 5) is 11.5. The first kappa shape index (κ1) is 19.3. The third-order valence-electron chi connectivity index (χ3n) is 2.56. The third-order valence-corrected chi connectivity index (χ3v) is 2.56. The summed E-state index contributed by atoms with van der Waals surface area (Å²) in [6, 6.07) is -0.518. The van der Waals surface area contributed by atoms with Crippen molar-refractivity contribution in [2.45, 2.75) is 37.8 Å². The van der Waals surface area contributed by atoms with E-state index in [1.807, 2.05) is 0 Å². The molecule has 5 nitrogen and oxygen atoms in total. The molecule has 0 bridgehead atoms. The highest BCUT2D eigenvalue weighted by Gasteiger charge is 2.21. The average molecular weight is 288 g/mol. The Morgan fingerprint density at radius 2 is 2.18 bits per heavy atom. The van der Waals surface area contributed by atoms with Crippen LogP contribution >= 0.6 is 24.8 Å². The Kier molecular flexibility index (Phi) is 12.5. The first-order valence-electron chi connectivity index (χ1n) is 5.61. The molecule has 2 atom stereocenters. The largest absolute Gasteiger partial charge is 0.460 e. The summed E-state index contributed by atoms with van der Waals surface area (Å²) in [7, 11) is 0. The minimum atomic E-state index is -0.518. The normalized spacial score (nSPS) is 20.7. The van der Waals surface area contributed by atoms with Crippen LogP contribution < -0.4 is 16.8 Å². The molecule has 0 aromatic rings. The van der Waals surface area contributed by atoms with Crippen LogP contribution in [-0.2, 0) is 9.53 Å². The second-order valence-corrected chi connectivity index (χ2v) is 3.94. The van der Waals surface area contributed by atoms with Gasteiger partial charge in [-0.1, -0.05) is 0 Å². The van der Waals surface area contributed by atoms with Crippen molar-refractivity contribution in [2.24, 2.45) is 11.5 Å². The summed E-state index contributed by atoms with van der Waals surface area (Å²) in [6.07, 6.45) is 3.35. The smallest absolute Gasteiger partial charge is 0.323 e. The number of piperidine rings is 1. The maximum Gasteiger partial charge on any atom is 0.323 e. The number of rotatable bonds is 5. The first-order valence-corrected chi connectivity index (χ1v) is 5.61. The van der Waals surface area contributed by atoms with Gasteiger partial charge in [0.05, 0.1) is 0 Å². The molecule has 0 aromatic heterocycles. The van der Waals surface area contributed by atoms with E-state index in [0.29, 0.717) is 13.0 Å². The molecular formula is C10H23Cl2N3O2. The van der Waals surface area contributed by atoms with E-state index >= 15 is 0 Å². The number of hydrogen-bond acceptors (Lipinski definition) is 5. The van der Waals surface area contributed by atoms with Crippen molar-refractivity contribution < 1.29 is 9.53 Å². The number of esters is 1. The van der Waals surface area contributed by atoms with E-state index < -0.39 is 6.04 Å². The van der Waals surface area contributed by atoms with E-state index in [-0.39, 0.29) is 36.9 Å². The monoisotopic (exact) mass is 287 g/mol. The second kappa shape index (κ2) is 11.0. The number of nitrogens with two attached hydrogens (primary N) is 2. The molecule has 1 rings (SSSR count). The molecule has 17 heavy (non-hydrogen) atoms. The molecular weight excluding hydrogens is 265 g/mol. The van der Waals surface area contributed by atoms with Crippen LogP contribution in [0, 0.1) is 0 Å². The van der Waals surface area contributed by atoms with E-state index in [2.05, 4.69) is 5.32 Å². The maximum atomic E-state index is 11.5. The molecule has 1 aliphatic heterocycles. The van der Waals surface area contributed by atoms with Gasteiger partial charge in [0.1, 0.15) is 12.1 Å². The topological polar surface area (TPSA) is 90.4 Å². The molecule has 0 spiro atoms. The van der Waals surface area contributed by atoms with Crippen molar-refractivity contribution in [1.29, 1.82) is 0 Å². The van der Waals surface area contributed by atoms with Crippen molar-refractivity contribution in [1.82, 2.24) is 5.32 Å². The van der Waals surface area contributed by atoms with Gasteiger partial charge in [-0.2, -0.15) is 0 Å². The Hall–Kier alpha value is -0.0700. The van der Waals surface area contributed by atoms with Gasteiger partial charge in [0, 0.05) is 6.54 Å². The zero-order valence-corrected chi connectivity index (χ0v) is 11.5. The van der Waals surface area contributed by atoms with Gasteiger partial charge >= 0.3 is 5.97 Å². The van der Waals surface area contributed by atoms with Gasteiger partial charge in [0.2, 0.25) is 0 Å². The molecule has 1 aliphatic rings. The fraction of sp³-hybridized carbons (Fsp3) is 0.900. The molecule has 0 aliphatic carbocycles. The van der Waals surface area contributed by atoms with E-state index in [4.69, 9.17) is 16.2 Å². The van der Waals surface area contributed by atoms with Crippen LogP contribution in [0.5, 0.6) is 0 Å². The van der Waals surface area contributed by atoms with Gasteiger partial charge in [-0.25, -0.2) is 0 Å². The maximum absolute atomic E-state index is 11.5. The highest BCUT2D eigenvalue weighted by Crippen LogP contribution is 2.07. The van der Waals surface area contributed by atoms with Crippen LogP contribution in [0.3, 0.4) is 0 Å². The highest BCUT2D eigenvalue weighted by molar-refractivity contribution is 5.85. The van der Waals surface area contributed by atoms with Crippen LogP contribution in [0.4, 0.5) is 0 Å². The third kappa shape index (κ3) is 7.78. The van der Waals surface area contributed by atoms with Gasteiger partial charge in [-0.15, -0.1) is 24.8 Å². The van der Waals surface area contributed by atoms with Gasteiger partial charge in [0.25, 0.3) is 0 Å². The van der Waals surface area contributed by atoms with Crippen molar-refractivity contribution >= 4 is 30.8 Å². The molecule has 104 valence electrons. The van der Waals surface area contributed by atoms with Crippen LogP contribution in [0.15, 0.2) is 0 Å². The summed E-state index contributed by atoms with van der Waals surface area (Å²) in [5.74, 6) is -0.294. The Morgan fingerprint density at radius 3 is 2.71 bits per heavy atom. The van der Waals surface area contributed by atoms with E-state index in [9.17, 15) is 4.79 Å². The number of hydrogen-bond donors (Lipinski definition) is 3. The number of halogens is 2. The first-order chi connectivity index (χ1) is 7.24. The van der Waals surface area contributed by atoms with Crippen molar-refractivity contribution in [3.63, 3.8) is 0 Å². The summed E-state index contributed by atoms with van der Waals surface area (Å²) in [5, 5.41) is 3.18. The zero-order chi connectivity index (χ0) is 11.1. The summed E-state index contributed by atoms with van der Waals surface area (Å²) < 4.78 is 5.28. The van der Waals surface area contributed by atoms with Crippen LogP contribution in [0.25, 0.3) is 0 Å². The lowest BCUT2D eigenvalue weighted by Gasteiger charge is -2.24. The molecule has 7 heteroatoms. The summed E-state index contributed by atoms with van der Waals surface area (Å²) in [5.41, 5.74) is 11.0. The average Bonchev–Trinajstić information content (AvgIpc) is 2.27. The van der Waals surface area contributed by atoms with Crippen molar-refractivity contribution in [3.8, 4) is 0 Å². The molecule has 0 saturated carbocycles. The quantitative estimate of drug-likeness (QED) is 0.628. The molecule has 1 saturated heterocycles. The molecule has 0 amide bonds. The van der Waals surface area contributed by atoms with Crippen molar-refractivity contribution in [3.05, 3.63) is 0 Å². The predicted molar refractivity (Wildman–Crippen MR) is 72.7 cm³/mol. The number of ether oxygens (including phenoxy) is 1. The lowest BCUT2D eigenvalue weighted by molar-refractivity contribution is -0.151. The highest BCUT2D eigenvalue weighted by atomic mass is 35.5. The van der Waals surface area contributed by atoms with Gasteiger partial charge in [-0.05, 0) is 38.8 Å². The molecule has 0 radical (unpaired) electrons. The van der Waals surface area contributed by atoms with Gasteiger partial charge in [0.15, 0.2) is 0 Å². The van der Waals surface area contributed by atoms with Crippen molar-refractivity contribution in [2.75, 3.05) is 19.6 Å². The molecule has 1 heterocycles. The van der Waals surface area contributed by atoms with Gasteiger partial charge in [-0.3, -0.25) is 4.79 Å². The zero-order valence-electron chi connectivity index (χ0n) is 9.89. The summed E-state index contributed by atoms with van der Waals surface area (Å²) in [6.45, 7) is 2.31. The van der Waals surface area contributed by atoms with Crippen LogP contribution in [0.2, 0.25) is 0 Å². The molecule has 2 unspecified atom stereocenters. The number of carbonyl (C=O) groups excluding carboxylic acids is 1. The number of carbonyl (C=O) groups is 1. The minimum absolute atomic E-state index is 0. The predicted octanol–water partition coefficient (Wildman–Crippen LogP) is 0.191. The van der Waals surface area contributed by atoms with Crippen LogP contribution in [0.1, 0.15) is 25.7 Å². The molecule has 0 aromatic carbocycles. The fourth-order valence-corrected chi connectivity index (χ4v) is 1.63. The Morgan fingerprint density at radius 1 is 1.47 bits per heavy atom. The van der Waals surface area contributed by atoms with E-state index in [1.54, 1.807) is 0 Å². The Bertz CT molecular complexity index is 202. The van der Waals surface area contributed by atoms with Crippen LogP contribution in [-0.4, -0.2) is 37.7 Å². The van der Waals surface area contributed by atoms with E-state index in [0.717, 1.165) is 32.4 Å². The number of nitrogens with one attached hydrogen (secondary N) is 1.